The van der Waals surface area contributed by atoms with Crippen LogP contribution in [-0.4, -0.2) is 47.2 Å². The molecule has 1 heterocycles. The Morgan fingerprint density at radius 3 is 2.18 bits per heavy atom. The molecule has 3 rings (SSSR count). The van der Waals surface area contributed by atoms with Crippen molar-refractivity contribution in [1.82, 2.24) is 14.8 Å². The van der Waals surface area contributed by atoms with E-state index in [9.17, 15) is 4.79 Å². The number of carboxylic acid groups (broad SMARTS) is 1. The highest BCUT2D eigenvalue weighted by molar-refractivity contribution is 5.87. The fourth-order valence-electron chi connectivity index (χ4n) is 2.59. The number of carboxylic acids is 1. The molecule has 0 saturated heterocycles. The van der Waals surface area contributed by atoms with Crippen LogP contribution < -0.4 is 25.3 Å². The summed E-state index contributed by atoms with van der Waals surface area (Å²) >= 11 is 0. The van der Waals surface area contributed by atoms with E-state index in [0.717, 1.165) is 0 Å². The molecule has 10 nitrogen and oxygen atoms in total. The van der Waals surface area contributed by atoms with Crippen LogP contribution in [0.5, 0.6) is 17.2 Å². The maximum Gasteiger partial charge on any atom is 0.335 e. The second kappa shape index (κ2) is 7.74. The van der Waals surface area contributed by atoms with Gasteiger partial charge in [0.1, 0.15) is 0 Å². The van der Waals surface area contributed by atoms with Gasteiger partial charge in [-0.15, -0.1) is 5.10 Å². The van der Waals surface area contributed by atoms with Crippen LogP contribution in [0.15, 0.2) is 36.4 Å². The van der Waals surface area contributed by atoms with Crippen molar-refractivity contribution >= 4 is 23.6 Å². The van der Waals surface area contributed by atoms with E-state index in [1.54, 1.807) is 24.3 Å². The van der Waals surface area contributed by atoms with E-state index in [2.05, 4.69) is 15.4 Å². The second-order valence-electron chi connectivity index (χ2n) is 5.60. The van der Waals surface area contributed by atoms with Crippen LogP contribution in [0.2, 0.25) is 0 Å². The molecule has 0 radical (unpaired) electrons. The van der Waals surface area contributed by atoms with E-state index in [1.807, 2.05) is 0 Å². The van der Waals surface area contributed by atoms with Crippen LogP contribution >= 0.6 is 0 Å². The van der Waals surface area contributed by atoms with Crippen LogP contribution in [0.25, 0.3) is 5.69 Å². The van der Waals surface area contributed by atoms with Crippen LogP contribution in [0, 0.1) is 0 Å². The third-order valence-electron chi connectivity index (χ3n) is 3.91. The highest BCUT2D eigenvalue weighted by atomic mass is 16.5. The Kier molecular flexibility index (Phi) is 5.21. The Bertz CT molecular complexity index is 975. The van der Waals surface area contributed by atoms with Gasteiger partial charge in [0.05, 0.1) is 32.6 Å². The first kappa shape index (κ1) is 18.8. The summed E-state index contributed by atoms with van der Waals surface area (Å²) in [7, 11) is 4.56. The lowest BCUT2D eigenvalue weighted by Gasteiger charge is -2.14. The topological polar surface area (TPSA) is 134 Å². The number of anilines is 3. The van der Waals surface area contributed by atoms with Crippen molar-refractivity contribution in [3.8, 4) is 22.9 Å². The first-order valence-electron chi connectivity index (χ1n) is 8.10. The molecule has 1 aromatic heterocycles. The molecule has 10 heteroatoms. The monoisotopic (exact) mass is 385 g/mol. The van der Waals surface area contributed by atoms with Gasteiger partial charge in [-0.2, -0.15) is 9.67 Å². The Hall–Kier alpha value is -3.95. The van der Waals surface area contributed by atoms with E-state index >= 15 is 0 Å². The summed E-state index contributed by atoms with van der Waals surface area (Å²) in [6, 6.07) is 9.53. The number of rotatable bonds is 7. The summed E-state index contributed by atoms with van der Waals surface area (Å²) in [6.45, 7) is 0. The van der Waals surface area contributed by atoms with Gasteiger partial charge >= 0.3 is 5.97 Å². The number of aromatic nitrogens is 3. The van der Waals surface area contributed by atoms with Crippen molar-refractivity contribution in [2.45, 2.75) is 0 Å². The number of hydrogen-bond donors (Lipinski definition) is 3. The van der Waals surface area contributed by atoms with E-state index in [0.29, 0.717) is 28.6 Å². The molecule has 0 spiro atoms. The molecule has 0 fully saturated rings. The zero-order valence-corrected chi connectivity index (χ0v) is 15.5. The van der Waals surface area contributed by atoms with Crippen molar-refractivity contribution in [3.05, 3.63) is 42.0 Å². The van der Waals surface area contributed by atoms with Crippen molar-refractivity contribution in [2.24, 2.45) is 0 Å². The first-order valence-corrected chi connectivity index (χ1v) is 8.10. The molecule has 0 bridgehead atoms. The van der Waals surface area contributed by atoms with Crippen LogP contribution in [-0.2, 0) is 0 Å². The average molecular weight is 385 g/mol. The SMILES string of the molecule is COc1cc(Nc2nc(N)n(-c3ccc(C(=O)O)cc3)n2)cc(OC)c1OC. The van der Waals surface area contributed by atoms with Gasteiger partial charge in [0.15, 0.2) is 11.5 Å². The summed E-state index contributed by atoms with van der Waals surface area (Å²) in [6.07, 6.45) is 0. The van der Waals surface area contributed by atoms with Crippen LogP contribution in [0.4, 0.5) is 17.6 Å². The number of nitrogens with two attached hydrogens (primary N) is 1. The minimum Gasteiger partial charge on any atom is -0.493 e. The maximum absolute atomic E-state index is 11.0. The summed E-state index contributed by atoms with van der Waals surface area (Å²) < 4.78 is 17.3. The molecular weight excluding hydrogens is 366 g/mol. The molecule has 0 amide bonds. The first-order chi connectivity index (χ1) is 13.5. The number of nitrogen functional groups attached to an aromatic ring is 1. The van der Waals surface area contributed by atoms with Gasteiger partial charge < -0.3 is 30.4 Å². The van der Waals surface area contributed by atoms with Gasteiger partial charge in [-0.1, -0.05) is 0 Å². The molecule has 0 aliphatic carbocycles. The second-order valence-corrected chi connectivity index (χ2v) is 5.60. The Morgan fingerprint density at radius 1 is 1.07 bits per heavy atom. The highest BCUT2D eigenvalue weighted by Crippen LogP contribution is 2.40. The van der Waals surface area contributed by atoms with Crippen molar-refractivity contribution < 1.29 is 24.1 Å². The normalized spacial score (nSPS) is 10.4. The predicted octanol–water partition coefficient (Wildman–Crippen LogP) is 2.32. The standard InChI is InChI=1S/C18H19N5O5/c1-26-13-8-11(9-14(27-2)15(13)28-3)20-18-21-17(19)23(22-18)12-6-4-10(5-7-12)16(24)25/h4-9H,1-3H3,(H,24,25)(H3,19,20,21,22). The number of methoxy groups -OCH3 is 3. The van der Waals surface area contributed by atoms with E-state index in [4.69, 9.17) is 25.1 Å². The van der Waals surface area contributed by atoms with Crippen LogP contribution in [0.3, 0.4) is 0 Å². The van der Waals surface area contributed by atoms with E-state index in [-0.39, 0.29) is 17.5 Å². The molecule has 3 aromatic rings. The third-order valence-corrected chi connectivity index (χ3v) is 3.91. The van der Waals surface area contributed by atoms with Crippen molar-refractivity contribution in [2.75, 3.05) is 32.4 Å². The fourth-order valence-corrected chi connectivity index (χ4v) is 2.59. The summed E-state index contributed by atoms with van der Waals surface area (Å²) in [4.78, 5) is 15.2. The quantitative estimate of drug-likeness (QED) is 0.560. The van der Waals surface area contributed by atoms with Gasteiger partial charge in [-0.3, -0.25) is 0 Å². The highest BCUT2D eigenvalue weighted by Gasteiger charge is 2.15. The van der Waals surface area contributed by atoms with Gasteiger partial charge in [-0.25, -0.2) is 4.79 Å². The van der Waals surface area contributed by atoms with Gasteiger partial charge in [0, 0.05) is 17.8 Å². The molecule has 0 aliphatic heterocycles. The molecule has 0 aliphatic rings. The summed E-state index contributed by atoms with van der Waals surface area (Å²) in [5.41, 5.74) is 7.29. The van der Waals surface area contributed by atoms with Gasteiger partial charge in [-0.05, 0) is 24.3 Å². The lowest BCUT2D eigenvalue weighted by atomic mass is 10.2. The molecule has 4 N–H and O–H groups in total. The number of benzene rings is 2. The summed E-state index contributed by atoms with van der Waals surface area (Å²) in [5, 5.41) is 16.3. The molecule has 146 valence electrons. The number of ether oxygens (including phenoxy) is 3. The fraction of sp³-hybridized carbons (Fsp3) is 0.167. The average Bonchev–Trinajstić information content (AvgIpc) is 3.07. The van der Waals surface area contributed by atoms with Crippen molar-refractivity contribution in [3.63, 3.8) is 0 Å². The van der Waals surface area contributed by atoms with E-state index in [1.165, 1.54) is 38.1 Å². The third kappa shape index (κ3) is 3.61. The molecule has 0 unspecified atom stereocenters. The zero-order chi connectivity index (χ0) is 20.3. The number of nitrogens with one attached hydrogen (secondary N) is 1. The lowest BCUT2D eigenvalue weighted by molar-refractivity contribution is 0.0697. The largest absolute Gasteiger partial charge is 0.493 e. The maximum atomic E-state index is 11.0. The molecule has 2 aromatic carbocycles. The number of aromatic carboxylic acids is 1. The van der Waals surface area contributed by atoms with Crippen molar-refractivity contribution in [1.29, 1.82) is 0 Å². The van der Waals surface area contributed by atoms with E-state index < -0.39 is 5.97 Å². The molecule has 28 heavy (non-hydrogen) atoms. The number of carbonyl (C=O) groups is 1. The molecular formula is C18H19N5O5. The molecule has 0 atom stereocenters. The summed E-state index contributed by atoms with van der Waals surface area (Å²) in [5.74, 6) is 0.782. The Balaban J connectivity index is 1.90. The lowest BCUT2D eigenvalue weighted by Crippen LogP contribution is -2.03. The Labute approximate surface area is 160 Å². The minimum absolute atomic E-state index is 0.137. The number of nitrogens with zero attached hydrogens (tertiary/aromatic N) is 3. The Morgan fingerprint density at radius 2 is 1.68 bits per heavy atom. The minimum atomic E-state index is -1.01. The van der Waals surface area contributed by atoms with Gasteiger partial charge in [0.2, 0.25) is 17.6 Å². The van der Waals surface area contributed by atoms with Crippen LogP contribution in [0.1, 0.15) is 10.4 Å². The zero-order valence-electron chi connectivity index (χ0n) is 15.5. The van der Waals surface area contributed by atoms with Gasteiger partial charge in [0.25, 0.3) is 0 Å². The predicted molar refractivity (Wildman–Crippen MR) is 102 cm³/mol. The molecule has 0 saturated carbocycles. The number of hydrogen-bond acceptors (Lipinski definition) is 8. The smallest absolute Gasteiger partial charge is 0.335 e.